The molecule has 0 saturated carbocycles. The van der Waals surface area contributed by atoms with Crippen molar-refractivity contribution in [2.24, 2.45) is 23.7 Å². The average Bonchev–Trinajstić information content (AvgIpc) is 2.36. The van der Waals surface area contributed by atoms with Crippen LogP contribution in [0.2, 0.25) is 0 Å². The third kappa shape index (κ3) is 2.19. The molecule has 0 spiro atoms. The fourth-order valence-corrected chi connectivity index (χ4v) is 3.46. The molecular weight excluding hydrogens is 180 g/mol. The molecule has 0 aromatic heterocycles. The Hall–Kier alpha value is -0.520. The van der Waals surface area contributed by atoms with Crippen molar-refractivity contribution in [1.82, 2.24) is 0 Å². The van der Waals surface area contributed by atoms with E-state index in [-0.39, 0.29) is 0 Å². The molecule has 2 aliphatic rings. The minimum absolute atomic E-state index is 0.798. The van der Waals surface area contributed by atoms with Crippen molar-refractivity contribution < 1.29 is 0 Å². The van der Waals surface area contributed by atoms with Crippen LogP contribution in [0.3, 0.4) is 0 Å². The van der Waals surface area contributed by atoms with Crippen molar-refractivity contribution in [3.63, 3.8) is 0 Å². The van der Waals surface area contributed by atoms with E-state index >= 15 is 0 Å². The van der Waals surface area contributed by atoms with Crippen LogP contribution < -0.4 is 0 Å². The largest absolute Gasteiger partial charge is 0.0840 e. The zero-order chi connectivity index (χ0) is 10.8. The SMILES string of the molecule is CCC1C(C)CC=CC2=C[C@H](C)CCC21. The highest BCUT2D eigenvalue weighted by molar-refractivity contribution is 5.27. The molecule has 0 aromatic rings. The topological polar surface area (TPSA) is 0 Å². The fraction of sp³-hybridized carbons (Fsp3) is 0.733. The number of fused-ring (bicyclic) bond motifs is 1. The number of hydrogen-bond donors (Lipinski definition) is 0. The normalized spacial score (nSPS) is 40.6. The van der Waals surface area contributed by atoms with Crippen molar-refractivity contribution in [1.29, 1.82) is 0 Å². The van der Waals surface area contributed by atoms with Crippen LogP contribution in [0.1, 0.15) is 46.5 Å². The van der Waals surface area contributed by atoms with Gasteiger partial charge in [-0.1, -0.05) is 45.4 Å². The highest BCUT2D eigenvalue weighted by Crippen LogP contribution is 2.41. The molecular formula is C15H24. The van der Waals surface area contributed by atoms with Crippen LogP contribution in [0, 0.1) is 23.7 Å². The van der Waals surface area contributed by atoms with Crippen molar-refractivity contribution >= 4 is 0 Å². The van der Waals surface area contributed by atoms with Crippen LogP contribution in [0.15, 0.2) is 23.8 Å². The van der Waals surface area contributed by atoms with Gasteiger partial charge in [-0.05, 0) is 48.5 Å². The van der Waals surface area contributed by atoms with E-state index in [2.05, 4.69) is 39.0 Å². The van der Waals surface area contributed by atoms with Gasteiger partial charge in [-0.2, -0.15) is 0 Å². The van der Waals surface area contributed by atoms with E-state index < -0.39 is 0 Å². The molecule has 84 valence electrons. The molecule has 2 aliphatic carbocycles. The Morgan fingerprint density at radius 2 is 2.07 bits per heavy atom. The van der Waals surface area contributed by atoms with E-state index in [0.717, 1.165) is 23.7 Å². The molecule has 4 atom stereocenters. The van der Waals surface area contributed by atoms with Gasteiger partial charge in [0.25, 0.3) is 0 Å². The van der Waals surface area contributed by atoms with Gasteiger partial charge in [0.05, 0.1) is 0 Å². The van der Waals surface area contributed by atoms with Crippen molar-refractivity contribution in [3.8, 4) is 0 Å². The molecule has 0 radical (unpaired) electrons. The highest BCUT2D eigenvalue weighted by atomic mass is 14.4. The van der Waals surface area contributed by atoms with Gasteiger partial charge >= 0.3 is 0 Å². The first-order valence-corrected chi connectivity index (χ1v) is 6.60. The molecule has 0 heterocycles. The standard InChI is InChI=1S/C15H24/c1-4-14-12(3)6-5-7-13-10-11(2)8-9-15(13)14/h5,7,10-12,14-15H,4,6,8-9H2,1-3H3/t11-,12?,14?,15?/m1/s1. The number of hydrogen-bond acceptors (Lipinski definition) is 0. The molecule has 2 rings (SSSR count). The third-order valence-corrected chi connectivity index (χ3v) is 4.38. The van der Waals surface area contributed by atoms with Crippen molar-refractivity contribution in [3.05, 3.63) is 23.8 Å². The molecule has 0 aromatic carbocycles. The van der Waals surface area contributed by atoms with E-state index in [1.165, 1.54) is 25.7 Å². The summed E-state index contributed by atoms with van der Waals surface area (Å²) in [6.45, 7) is 7.15. The Bertz CT molecular complexity index is 272. The van der Waals surface area contributed by atoms with Crippen molar-refractivity contribution in [2.45, 2.75) is 46.5 Å². The quantitative estimate of drug-likeness (QED) is 0.586. The summed E-state index contributed by atoms with van der Waals surface area (Å²) in [6.07, 6.45) is 12.8. The predicted molar refractivity (Wildman–Crippen MR) is 66.7 cm³/mol. The summed E-state index contributed by atoms with van der Waals surface area (Å²) in [4.78, 5) is 0. The second-order valence-corrected chi connectivity index (χ2v) is 5.52. The molecule has 0 amide bonds. The molecule has 0 nitrogen and oxygen atoms in total. The van der Waals surface area contributed by atoms with Gasteiger partial charge in [-0.3, -0.25) is 0 Å². The lowest BCUT2D eigenvalue weighted by molar-refractivity contribution is 0.241. The Kier molecular flexibility index (Phi) is 3.33. The third-order valence-electron chi connectivity index (χ3n) is 4.38. The minimum atomic E-state index is 0.798. The second kappa shape index (κ2) is 4.55. The van der Waals surface area contributed by atoms with Crippen LogP contribution in [0.4, 0.5) is 0 Å². The van der Waals surface area contributed by atoms with Crippen LogP contribution in [0.5, 0.6) is 0 Å². The maximum Gasteiger partial charge on any atom is -0.0134 e. The summed E-state index contributed by atoms with van der Waals surface area (Å²) in [5.74, 6) is 3.45. The molecule has 0 aliphatic heterocycles. The molecule has 15 heavy (non-hydrogen) atoms. The van der Waals surface area contributed by atoms with E-state index in [0.29, 0.717) is 0 Å². The lowest BCUT2D eigenvalue weighted by Gasteiger charge is -2.33. The summed E-state index contributed by atoms with van der Waals surface area (Å²) in [7, 11) is 0. The van der Waals surface area contributed by atoms with Gasteiger partial charge in [-0.15, -0.1) is 0 Å². The summed E-state index contributed by atoms with van der Waals surface area (Å²) in [5.41, 5.74) is 1.64. The van der Waals surface area contributed by atoms with Gasteiger partial charge in [0.1, 0.15) is 0 Å². The maximum absolute atomic E-state index is 2.52. The second-order valence-electron chi connectivity index (χ2n) is 5.52. The molecule has 0 bridgehead atoms. The van der Waals surface area contributed by atoms with Gasteiger partial charge in [0.2, 0.25) is 0 Å². The maximum atomic E-state index is 2.52. The first kappa shape index (κ1) is 11.0. The zero-order valence-corrected chi connectivity index (χ0v) is 10.4. The Balaban J connectivity index is 2.26. The van der Waals surface area contributed by atoms with E-state index in [9.17, 15) is 0 Å². The van der Waals surface area contributed by atoms with Gasteiger partial charge in [-0.25, -0.2) is 0 Å². The summed E-state index contributed by atoms with van der Waals surface area (Å²) < 4.78 is 0. The number of allylic oxidation sites excluding steroid dienone is 4. The predicted octanol–water partition coefficient (Wildman–Crippen LogP) is 4.58. The Labute approximate surface area is 94.5 Å². The first-order valence-electron chi connectivity index (χ1n) is 6.60. The average molecular weight is 204 g/mol. The molecule has 0 N–H and O–H groups in total. The van der Waals surface area contributed by atoms with Crippen LogP contribution in [0.25, 0.3) is 0 Å². The molecule has 0 saturated heterocycles. The lowest BCUT2D eigenvalue weighted by atomic mass is 9.71. The lowest BCUT2D eigenvalue weighted by Crippen LogP contribution is -2.24. The van der Waals surface area contributed by atoms with E-state index in [4.69, 9.17) is 0 Å². The molecule has 0 heteroatoms. The molecule has 3 unspecified atom stereocenters. The van der Waals surface area contributed by atoms with Crippen LogP contribution >= 0.6 is 0 Å². The first-order chi connectivity index (χ1) is 7.22. The highest BCUT2D eigenvalue weighted by Gasteiger charge is 2.30. The van der Waals surface area contributed by atoms with Gasteiger partial charge in [0.15, 0.2) is 0 Å². The summed E-state index contributed by atoms with van der Waals surface area (Å²) in [5, 5.41) is 0. The molecule has 0 fully saturated rings. The summed E-state index contributed by atoms with van der Waals surface area (Å²) in [6, 6.07) is 0. The Morgan fingerprint density at radius 3 is 2.80 bits per heavy atom. The fourth-order valence-electron chi connectivity index (χ4n) is 3.46. The van der Waals surface area contributed by atoms with E-state index in [1.807, 2.05) is 0 Å². The van der Waals surface area contributed by atoms with Crippen molar-refractivity contribution in [2.75, 3.05) is 0 Å². The van der Waals surface area contributed by atoms with Crippen LogP contribution in [-0.4, -0.2) is 0 Å². The Morgan fingerprint density at radius 1 is 1.27 bits per heavy atom. The van der Waals surface area contributed by atoms with Crippen LogP contribution in [-0.2, 0) is 0 Å². The monoisotopic (exact) mass is 204 g/mol. The van der Waals surface area contributed by atoms with Gasteiger partial charge in [0, 0.05) is 0 Å². The van der Waals surface area contributed by atoms with E-state index in [1.54, 1.807) is 5.57 Å². The van der Waals surface area contributed by atoms with Gasteiger partial charge < -0.3 is 0 Å². The smallest absolute Gasteiger partial charge is 0.0134 e. The summed E-state index contributed by atoms with van der Waals surface area (Å²) >= 11 is 0. The zero-order valence-electron chi connectivity index (χ0n) is 10.4. The number of rotatable bonds is 1. The minimum Gasteiger partial charge on any atom is -0.0840 e.